The number of ketones is 1. The minimum Gasteiger partial charge on any atom is -0.484 e. The Morgan fingerprint density at radius 2 is 1.60 bits per heavy atom. The van der Waals surface area contributed by atoms with Crippen molar-refractivity contribution in [3.63, 3.8) is 0 Å². The van der Waals surface area contributed by atoms with Crippen LogP contribution in [0.5, 0.6) is 5.75 Å². The fourth-order valence-electron chi connectivity index (χ4n) is 4.01. The zero-order valence-electron chi connectivity index (χ0n) is 17.0. The van der Waals surface area contributed by atoms with E-state index in [-0.39, 0.29) is 30.7 Å². The topological polar surface area (TPSA) is 61.9 Å². The van der Waals surface area contributed by atoms with Gasteiger partial charge in [-0.1, -0.05) is 30.3 Å². The van der Waals surface area contributed by atoms with Gasteiger partial charge in [0, 0.05) is 56.4 Å². The highest BCUT2D eigenvalue weighted by Crippen LogP contribution is 2.18. The molecule has 30 heavy (non-hydrogen) atoms. The van der Waals surface area contributed by atoms with Gasteiger partial charge in [-0.3, -0.25) is 14.5 Å². The summed E-state index contributed by atoms with van der Waals surface area (Å²) in [6.07, 6.45) is 1.03. The van der Waals surface area contributed by atoms with E-state index in [2.05, 4.69) is 10.2 Å². The highest BCUT2D eigenvalue weighted by Gasteiger charge is 2.30. The lowest BCUT2D eigenvalue weighted by Gasteiger charge is -2.32. The van der Waals surface area contributed by atoms with E-state index >= 15 is 0 Å². The molecular weight excluding hydrogens is 402 g/mol. The molecule has 0 aliphatic carbocycles. The van der Waals surface area contributed by atoms with E-state index in [1.54, 1.807) is 36.4 Å². The molecule has 4 rings (SSSR count). The molecule has 2 aromatic rings. The van der Waals surface area contributed by atoms with Crippen LogP contribution in [0.4, 0.5) is 0 Å². The number of hydrogen-bond donors (Lipinski definition) is 1. The Hall–Kier alpha value is -2.41. The number of ether oxygens (including phenoxy) is 1. The fourth-order valence-corrected chi connectivity index (χ4v) is 4.01. The maximum atomic E-state index is 12.5. The molecule has 0 aromatic heterocycles. The van der Waals surface area contributed by atoms with Gasteiger partial charge < -0.3 is 15.0 Å². The molecule has 0 spiro atoms. The van der Waals surface area contributed by atoms with Crippen LogP contribution >= 0.6 is 12.4 Å². The molecule has 7 heteroatoms. The second-order valence-corrected chi connectivity index (χ2v) is 7.58. The van der Waals surface area contributed by atoms with Crippen molar-refractivity contribution in [2.45, 2.75) is 12.5 Å². The molecule has 2 heterocycles. The Labute approximate surface area is 183 Å². The Bertz CT molecular complexity index is 839. The molecule has 2 aromatic carbocycles. The molecule has 2 saturated heterocycles. The normalized spacial score (nSPS) is 19.2. The molecule has 2 fully saturated rings. The first-order valence-electron chi connectivity index (χ1n) is 10.3. The number of benzene rings is 2. The van der Waals surface area contributed by atoms with Crippen LogP contribution in [0.15, 0.2) is 54.6 Å². The number of amides is 1. The second-order valence-electron chi connectivity index (χ2n) is 7.58. The molecule has 0 radical (unpaired) electrons. The average molecular weight is 430 g/mol. The largest absolute Gasteiger partial charge is 0.484 e. The highest BCUT2D eigenvalue weighted by molar-refractivity contribution is 6.08. The van der Waals surface area contributed by atoms with Crippen LogP contribution in [0.2, 0.25) is 0 Å². The number of nitrogens with one attached hydrogen (secondary N) is 1. The van der Waals surface area contributed by atoms with Crippen LogP contribution in [0.3, 0.4) is 0 Å². The fraction of sp³-hybridized carbons (Fsp3) is 0.391. The summed E-state index contributed by atoms with van der Waals surface area (Å²) in [6.45, 7) is 5.76. The molecular formula is C23H28ClN3O3. The van der Waals surface area contributed by atoms with Gasteiger partial charge in [0.25, 0.3) is 5.91 Å². The predicted molar refractivity (Wildman–Crippen MR) is 118 cm³/mol. The molecule has 1 N–H and O–H groups in total. The Morgan fingerprint density at radius 1 is 0.933 bits per heavy atom. The third-order valence-corrected chi connectivity index (χ3v) is 5.70. The molecule has 2 aliphatic heterocycles. The lowest BCUT2D eigenvalue weighted by Crippen LogP contribution is -2.49. The first kappa shape index (κ1) is 22.3. The van der Waals surface area contributed by atoms with Gasteiger partial charge in [-0.2, -0.15) is 0 Å². The summed E-state index contributed by atoms with van der Waals surface area (Å²) >= 11 is 0. The van der Waals surface area contributed by atoms with E-state index in [0.717, 1.165) is 45.7 Å². The van der Waals surface area contributed by atoms with Crippen molar-refractivity contribution in [1.82, 2.24) is 15.1 Å². The minimum absolute atomic E-state index is 0. The summed E-state index contributed by atoms with van der Waals surface area (Å²) in [5.74, 6) is 0.595. The van der Waals surface area contributed by atoms with E-state index in [4.69, 9.17) is 4.74 Å². The van der Waals surface area contributed by atoms with Crippen LogP contribution in [-0.4, -0.2) is 73.4 Å². The number of hydrogen-bond acceptors (Lipinski definition) is 5. The smallest absolute Gasteiger partial charge is 0.260 e. The van der Waals surface area contributed by atoms with Crippen molar-refractivity contribution in [2.75, 3.05) is 45.9 Å². The van der Waals surface area contributed by atoms with Gasteiger partial charge in [-0.05, 0) is 30.7 Å². The number of likely N-dealkylation sites (tertiary alicyclic amines) is 1. The van der Waals surface area contributed by atoms with Crippen LogP contribution < -0.4 is 10.1 Å². The van der Waals surface area contributed by atoms with Gasteiger partial charge in [0.05, 0.1) is 0 Å². The van der Waals surface area contributed by atoms with Crippen molar-refractivity contribution in [2.24, 2.45) is 0 Å². The Morgan fingerprint density at radius 3 is 2.30 bits per heavy atom. The SMILES string of the molecule is Cl.O=C(c1ccccc1)c1ccc(OCC(=O)N2CCC(N3CCNCC3)C2)cc1. The first-order chi connectivity index (χ1) is 14.2. The summed E-state index contributed by atoms with van der Waals surface area (Å²) in [6, 6.07) is 16.6. The van der Waals surface area contributed by atoms with E-state index in [1.165, 1.54) is 0 Å². The zero-order valence-corrected chi connectivity index (χ0v) is 17.8. The zero-order chi connectivity index (χ0) is 20.1. The maximum Gasteiger partial charge on any atom is 0.260 e. The number of carbonyl (C=O) groups is 2. The minimum atomic E-state index is -0.0238. The summed E-state index contributed by atoms with van der Waals surface area (Å²) in [7, 11) is 0. The quantitative estimate of drug-likeness (QED) is 0.713. The van der Waals surface area contributed by atoms with Crippen LogP contribution in [-0.2, 0) is 4.79 Å². The maximum absolute atomic E-state index is 12.5. The standard InChI is InChI=1S/C23H27N3O3.ClH/c27-22(26-13-10-20(16-26)25-14-11-24-12-15-25)17-29-21-8-6-19(7-9-21)23(28)18-4-2-1-3-5-18;/h1-9,20,24H,10-17H2;1H. The van der Waals surface area contributed by atoms with Gasteiger partial charge >= 0.3 is 0 Å². The van der Waals surface area contributed by atoms with Crippen molar-refractivity contribution in [1.29, 1.82) is 0 Å². The average Bonchev–Trinajstić information content (AvgIpc) is 3.29. The van der Waals surface area contributed by atoms with Gasteiger partial charge in [0.2, 0.25) is 0 Å². The number of carbonyl (C=O) groups excluding carboxylic acids is 2. The molecule has 0 saturated carbocycles. The molecule has 2 aliphatic rings. The third kappa shape index (κ3) is 5.39. The summed E-state index contributed by atoms with van der Waals surface area (Å²) in [5.41, 5.74) is 1.26. The molecule has 1 atom stereocenters. The van der Waals surface area contributed by atoms with E-state index < -0.39 is 0 Å². The van der Waals surface area contributed by atoms with Gasteiger partial charge in [-0.15, -0.1) is 12.4 Å². The third-order valence-electron chi connectivity index (χ3n) is 5.70. The van der Waals surface area contributed by atoms with Gasteiger partial charge in [-0.25, -0.2) is 0 Å². The van der Waals surface area contributed by atoms with Crippen LogP contribution in [0.1, 0.15) is 22.3 Å². The van der Waals surface area contributed by atoms with Crippen molar-refractivity contribution in [3.8, 4) is 5.75 Å². The Kier molecular flexibility index (Phi) is 7.85. The molecule has 0 bridgehead atoms. The number of halogens is 1. The summed E-state index contributed by atoms with van der Waals surface area (Å²) in [4.78, 5) is 29.4. The van der Waals surface area contributed by atoms with Crippen molar-refractivity contribution < 1.29 is 14.3 Å². The molecule has 160 valence electrons. The molecule has 1 amide bonds. The van der Waals surface area contributed by atoms with Crippen molar-refractivity contribution in [3.05, 3.63) is 65.7 Å². The van der Waals surface area contributed by atoms with E-state index in [0.29, 0.717) is 22.9 Å². The summed E-state index contributed by atoms with van der Waals surface area (Å²) in [5, 5.41) is 3.37. The van der Waals surface area contributed by atoms with Crippen LogP contribution in [0.25, 0.3) is 0 Å². The number of nitrogens with zero attached hydrogens (tertiary/aromatic N) is 2. The van der Waals surface area contributed by atoms with Gasteiger partial charge in [0.15, 0.2) is 12.4 Å². The van der Waals surface area contributed by atoms with E-state index in [1.807, 2.05) is 23.1 Å². The van der Waals surface area contributed by atoms with Crippen molar-refractivity contribution >= 4 is 24.1 Å². The lowest BCUT2D eigenvalue weighted by molar-refractivity contribution is -0.132. The number of rotatable bonds is 6. The number of piperazine rings is 1. The van der Waals surface area contributed by atoms with Gasteiger partial charge in [0.1, 0.15) is 5.75 Å². The predicted octanol–water partition coefficient (Wildman–Crippen LogP) is 2.22. The highest BCUT2D eigenvalue weighted by atomic mass is 35.5. The second kappa shape index (κ2) is 10.6. The Balaban J connectivity index is 0.00000256. The molecule has 1 unspecified atom stereocenters. The lowest BCUT2D eigenvalue weighted by atomic mass is 10.0. The van der Waals surface area contributed by atoms with Crippen LogP contribution in [0, 0.1) is 0 Å². The molecule has 6 nitrogen and oxygen atoms in total. The monoisotopic (exact) mass is 429 g/mol. The summed E-state index contributed by atoms with van der Waals surface area (Å²) < 4.78 is 5.68. The van der Waals surface area contributed by atoms with E-state index in [9.17, 15) is 9.59 Å². The first-order valence-corrected chi connectivity index (χ1v) is 10.3.